The van der Waals surface area contributed by atoms with Crippen molar-refractivity contribution in [1.29, 1.82) is 0 Å². The fraction of sp³-hybridized carbons (Fsp3) is 0.300. The van der Waals surface area contributed by atoms with E-state index in [2.05, 4.69) is 21.2 Å². The second kappa shape index (κ2) is 4.66. The van der Waals surface area contributed by atoms with Crippen LogP contribution in [0.5, 0.6) is 0 Å². The van der Waals surface area contributed by atoms with Gasteiger partial charge in [0.15, 0.2) is 5.78 Å². The molecule has 0 spiro atoms. The third-order valence-corrected chi connectivity index (χ3v) is 2.66. The van der Waals surface area contributed by atoms with Gasteiger partial charge in [0.2, 0.25) is 0 Å². The number of halogens is 2. The van der Waals surface area contributed by atoms with Gasteiger partial charge in [0, 0.05) is 0 Å². The molecule has 0 heterocycles. The number of ketones is 1. The Balaban J connectivity index is 3.07. The highest BCUT2D eigenvalue weighted by Gasteiger charge is 2.18. The van der Waals surface area contributed by atoms with Gasteiger partial charge in [-0.15, -0.1) is 0 Å². The summed E-state index contributed by atoms with van der Waals surface area (Å²) >= 11 is 3.04. The Bertz CT molecular complexity index is 354. The minimum atomic E-state index is -0.500. The summed E-state index contributed by atoms with van der Waals surface area (Å²) in [5.74, 6) is -0.745. The van der Waals surface area contributed by atoms with Crippen LogP contribution in [0, 0.1) is 5.82 Å². The second-order valence-electron chi connectivity index (χ2n) is 2.98. The van der Waals surface area contributed by atoms with E-state index in [0.29, 0.717) is 4.47 Å². The highest BCUT2D eigenvalue weighted by molar-refractivity contribution is 9.10. The first-order chi connectivity index (χ1) is 6.57. The molecule has 0 bridgehead atoms. The van der Waals surface area contributed by atoms with Gasteiger partial charge in [-0.2, -0.15) is 0 Å². The summed E-state index contributed by atoms with van der Waals surface area (Å²) in [7, 11) is 1.67. The molecule has 4 heteroatoms. The fourth-order valence-electron chi connectivity index (χ4n) is 1.06. The maximum atomic E-state index is 13.5. The van der Waals surface area contributed by atoms with Crippen LogP contribution in [0.15, 0.2) is 22.7 Å². The molecule has 76 valence electrons. The number of hydrogen-bond acceptors (Lipinski definition) is 2. The van der Waals surface area contributed by atoms with Crippen molar-refractivity contribution in [2.75, 3.05) is 7.05 Å². The quantitative estimate of drug-likeness (QED) is 0.845. The molecule has 1 unspecified atom stereocenters. The van der Waals surface area contributed by atoms with E-state index in [-0.39, 0.29) is 17.4 Å². The van der Waals surface area contributed by atoms with Gasteiger partial charge in [-0.3, -0.25) is 4.79 Å². The van der Waals surface area contributed by atoms with Crippen molar-refractivity contribution in [2.24, 2.45) is 0 Å². The minimum Gasteiger partial charge on any atom is -0.310 e. The Morgan fingerprint density at radius 1 is 1.57 bits per heavy atom. The highest BCUT2D eigenvalue weighted by atomic mass is 79.9. The molecule has 0 aromatic heterocycles. The van der Waals surface area contributed by atoms with Crippen molar-refractivity contribution in [3.05, 3.63) is 34.1 Å². The topological polar surface area (TPSA) is 29.1 Å². The normalized spacial score (nSPS) is 12.6. The monoisotopic (exact) mass is 259 g/mol. The van der Waals surface area contributed by atoms with Crippen LogP contribution in [0.25, 0.3) is 0 Å². The smallest absolute Gasteiger partial charge is 0.182 e. The molecule has 1 N–H and O–H groups in total. The lowest BCUT2D eigenvalue weighted by atomic mass is 10.1. The molecule has 0 saturated carbocycles. The molecule has 1 aromatic carbocycles. The predicted octanol–water partition coefficient (Wildman–Crippen LogP) is 2.38. The van der Waals surface area contributed by atoms with Crippen LogP contribution in [-0.2, 0) is 0 Å². The predicted molar refractivity (Wildman–Crippen MR) is 57.0 cm³/mol. The first-order valence-electron chi connectivity index (χ1n) is 4.23. The summed E-state index contributed by atoms with van der Waals surface area (Å²) in [4.78, 5) is 11.6. The zero-order chi connectivity index (χ0) is 10.7. The number of carbonyl (C=O) groups excluding carboxylic acids is 1. The molecule has 2 nitrogen and oxygen atoms in total. The Labute approximate surface area is 90.6 Å². The van der Waals surface area contributed by atoms with Gasteiger partial charge in [0.1, 0.15) is 5.82 Å². The van der Waals surface area contributed by atoms with E-state index in [1.807, 2.05) is 0 Å². The van der Waals surface area contributed by atoms with Crippen molar-refractivity contribution in [1.82, 2.24) is 5.32 Å². The third-order valence-electron chi connectivity index (χ3n) is 2.04. The van der Waals surface area contributed by atoms with E-state index < -0.39 is 5.82 Å². The lowest BCUT2D eigenvalue weighted by Crippen LogP contribution is -2.31. The van der Waals surface area contributed by atoms with E-state index in [9.17, 15) is 9.18 Å². The molecule has 0 aliphatic carbocycles. The summed E-state index contributed by atoms with van der Waals surface area (Å²) in [6.07, 6.45) is 0. The Morgan fingerprint density at radius 2 is 2.21 bits per heavy atom. The van der Waals surface area contributed by atoms with Crippen molar-refractivity contribution < 1.29 is 9.18 Å². The first-order valence-corrected chi connectivity index (χ1v) is 5.02. The number of carbonyl (C=O) groups is 1. The molecule has 0 saturated heterocycles. The highest BCUT2D eigenvalue weighted by Crippen LogP contribution is 2.19. The maximum Gasteiger partial charge on any atom is 0.182 e. The van der Waals surface area contributed by atoms with Gasteiger partial charge in [0.25, 0.3) is 0 Å². The summed E-state index contributed by atoms with van der Waals surface area (Å²) < 4.78 is 13.8. The third kappa shape index (κ3) is 2.19. The number of hydrogen-bond donors (Lipinski definition) is 1. The number of benzene rings is 1. The molecule has 0 fully saturated rings. The molecule has 1 atom stereocenters. The average molecular weight is 260 g/mol. The van der Waals surface area contributed by atoms with Gasteiger partial charge in [-0.1, -0.05) is 6.07 Å². The van der Waals surface area contributed by atoms with Crippen LogP contribution in [0.1, 0.15) is 17.3 Å². The largest absolute Gasteiger partial charge is 0.310 e. The summed E-state index contributed by atoms with van der Waals surface area (Å²) in [5, 5.41) is 2.78. The molecule has 1 rings (SSSR count). The molecule has 14 heavy (non-hydrogen) atoms. The SMILES string of the molecule is CNC(C)C(=O)c1cccc(Br)c1F. The van der Waals surface area contributed by atoms with E-state index in [1.54, 1.807) is 26.1 Å². The van der Waals surface area contributed by atoms with Crippen LogP contribution in [-0.4, -0.2) is 18.9 Å². The fourth-order valence-corrected chi connectivity index (χ4v) is 1.42. The number of Topliss-reactive ketones (excluding diaryl/α,β-unsaturated/α-hetero) is 1. The Morgan fingerprint density at radius 3 is 2.79 bits per heavy atom. The molecule has 0 aliphatic rings. The lowest BCUT2D eigenvalue weighted by molar-refractivity contribution is 0.0951. The van der Waals surface area contributed by atoms with E-state index >= 15 is 0 Å². The zero-order valence-electron chi connectivity index (χ0n) is 7.97. The number of likely N-dealkylation sites (N-methyl/N-ethyl adjacent to an activating group) is 1. The van der Waals surface area contributed by atoms with Crippen molar-refractivity contribution in [3.63, 3.8) is 0 Å². The average Bonchev–Trinajstić information content (AvgIpc) is 2.20. The molecule has 0 amide bonds. The minimum absolute atomic E-state index is 0.112. The standard InChI is InChI=1S/C10H11BrFNO/c1-6(13-2)10(14)7-4-3-5-8(11)9(7)12/h3-6,13H,1-2H3. The van der Waals surface area contributed by atoms with E-state index in [1.165, 1.54) is 6.07 Å². The maximum absolute atomic E-state index is 13.5. The van der Waals surface area contributed by atoms with Gasteiger partial charge in [-0.25, -0.2) is 4.39 Å². The Kier molecular flexibility index (Phi) is 3.77. The van der Waals surface area contributed by atoms with Crippen LogP contribution in [0.4, 0.5) is 4.39 Å². The molecular formula is C10H11BrFNO. The summed E-state index contributed by atoms with van der Waals surface area (Å²) in [6, 6.07) is 4.31. The van der Waals surface area contributed by atoms with Crippen LogP contribution in [0.3, 0.4) is 0 Å². The van der Waals surface area contributed by atoms with Gasteiger partial charge < -0.3 is 5.32 Å². The van der Waals surface area contributed by atoms with Crippen LogP contribution < -0.4 is 5.32 Å². The van der Waals surface area contributed by atoms with Gasteiger partial charge in [0.05, 0.1) is 16.1 Å². The van der Waals surface area contributed by atoms with Crippen molar-refractivity contribution >= 4 is 21.7 Å². The molecule has 0 aliphatic heterocycles. The van der Waals surface area contributed by atoms with Gasteiger partial charge in [-0.05, 0) is 42.0 Å². The van der Waals surface area contributed by atoms with E-state index in [0.717, 1.165) is 0 Å². The number of nitrogens with one attached hydrogen (secondary N) is 1. The van der Waals surface area contributed by atoms with Crippen LogP contribution in [0.2, 0.25) is 0 Å². The Hall–Kier alpha value is -0.740. The first kappa shape index (κ1) is 11.3. The second-order valence-corrected chi connectivity index (χ2v) is 3.83. The molecule has 1 aromatic rings. The number of rotatable bonds is 3. The van der Waals surface area contributed by atoms with Crippen molar-refractivity contribution in [3.8, 4) is 0 Å². The van der Waals surface area contributed by atoms with Crippen molar-refractivity contribution in [2.45, 2.75) is 13.0 Å². The molecular weight excluding hydrogens is 249 g/mol. The van der Waals surface area contributed by atoms with Crippen LogP contribution >= 0.6 is 15.9 Å². The summed E-state index contributed by atoms with van der Waals surface area (Å²) in [6.45, 7) is 1.70. The van der Waals surface area contributed by atoms with Gasteiger partial charge >= 0.3 is 0 Å². The molecule has 0 radical (unpaired) electrons. The van der Waals surface area contributed by atoms with E-state index in [4.69, 9.17) is 0 Å². The summed E-state index contributed by atoms with van der Waals surface area (Å²) in [5.41, 5.74) is 0.112. The lowest BCUT2D eigenvalue weighted by Gasteiger charge is -2.09. The zero-order valence-corrected chi connectivity index (χ0v) is 9.56.